The average Bonchev–Trinajstić information content (AvgIpc) is 2.82. The molecule has 1 heterocycles. The van der Waals surface area contributed by atoms with Crippen LogP contribution in [0.1, 0.15) is 24.2 Å². The molecule has 0 unspecified atom stereocenters. The van der Waals surface area contributed by atoms with Crippen LogP contribution in [0.25, 0.3) is 0 Å². The second kappa shape index (κ2) is 6.88. The van der Waals surface area contributed by atoms with Crippen LogP contribution in [0, 0.1) is 6.92 Å². The molecule has 2 atom stereocenters. The monoisotopic (exact) mass is 293 g/mol. The summed E-state index contributed by atoms with van der Waals surface area (Å²) in [6.45, 7) is 5.31. The number of hydrogen-bond donors (Lipinski definition) is 2. The standard InChI is InChI=1S/C15H20ClN3O/c1-11-7-18-19(9-11)10-12(2)17-8-15(20)13-5-3-4-6-14(13)16/h3-7,9,12,15,17,20H,8,10H2,1-2H3/t12-,15+/m0/s1. The van der Waals surface area contributed by atoms with Gasteiger partial charge in [-0.25, -0.2) is 0 Å². The quantitative estimate of drug-likeness (QED) is 0.860. The van der Waals surface area contributed by atoms with Gasteiger partial charge in [-0.05, 0) is 25.5 Å². The minimum atomic E-state index is -0.606. The largest absolute Gasteiger partial charge is 0.387 e. The highest BCUT2D eigenvalue weighted by Gasteiger charge is 2.12. The Bertz CT molecular complexity index is 556. The molecule has 0 aliphatic rings. The summed E-state index contributed by atoms with van der Waals surface area (Å²) in [7, 11) is 0. The molecular formula is C15H20ClN3O. The van der Waals surface area contributed by atoms with E-state index in [2.05, 4.69) is 17.3 Å². The topological polar surface area (TPSA) is 50.1 Å². The molecule has 4 nitrogen and oxygen atoms in total. The molecule has 20 heavy (non-hydrogen) atoms. The molecule has 0 fully saturated rings. The van der Waals surface area contributed by atoms with E-state index < -0.39 is 6.10 Å². The van der Waals surface area contributed by atoms with Crippen LogP contribution in [-0.2, 0) is 6.54 Å². The predicted octanol–water partition coefficient (Wildman–Crippen LogP) is 2.56. The van der Waals surface area contributed by atoms with E-state index in [0.29, 0.717) is 11.6 Å². The van der Waals surface area contributed by atoms with Crippen molar-refractivity contribution in [2.24, 2.45) is 0 Å². The van der Waals surface area contributed by atoms with Crippen LogP contribution in [0.15, 0.2) is 36.7 Å². The fourth-order valence-corrected chi connectivity index (χ4v) is 2.34. The lowest BCUT2D eigenvalue weighted by Gasteiger charge is -2.18. The molecule has 0 aliphatic heterocycles. The second-order valence-electron chi connectivity index (χ2n) is 5.09. The molecular weight excluding hydrogens is 274 g/mol. The molecule has 0 bridgehead atoms. The van der Waals surface area contributed by atoms with Crippen LogP contribution in [0.3, 0.4) is 0 Å². The number of aryl methyl sites for hydroxylation is 1. The molecule has 2 rings (SSSR count). The Kier molecular flexibility index (Phi) is 5.17. The van der Waals surface area contributed by atoms with E-state index in [9.17, 15) is 5.11 Å². The van der Waals surface area contributed by atoms with Gasteiger partial charge in [0.05, 0.1) is 18.8 Å². The Labute approximate surface area is 124 Å². The van der Waals surface area contributed by atoms with Gasteiger partial charge in [-0.1, -0.05) is 29.8 Å². The maximum absolute atomic E-state index is 10.2. The van der Waals surface area contributed by atoms with Gasteiger partial charge in [0, 0.05) is 29.4 Å². The number of nitrogens with zero attached hydrogens (tertiary/aromatic N) is 2. The Morgan fingerprint density at radius 3 is 2.80 bits per heavy atom. The molecule has 2 aromatic rings. The van der Waals surface area contributed by atoms with Gasteiger partial charge in [0.2, 0.25) is 0 Å². The predicted molar refractivity (Wildman–Crippen MR) is 80.8 cm³/mol. The smallest absolute Gasteiger partial charge is 0.0928 e. The Morgan fingerprint density at radius 2 is 2.15 bits per heavy atom. The van der Waals surface area contributed by atoms with E-state index in [1.54, 1.807) is 6.07 Å². The van der Waals surface area contributed by atoms with Crippen LogP contribution >= 0.6 is 11.6 Å². The van der Waals surface area contributed by atoms with Gasteiger partial charge in [-0.15, -0.1) is 0 Å². The number of aliphatic hydroxyl groups is 1. The number of aromatic nitrogens is 2. The maximum atomic E-state index is 10.2. The highest BCUT2D eigenvalue weighted by atomic mass is 35.5. The average molecular weight is 294 g/mol. The summed E-state index contributed by atoms with van der Waals surface area (Å²) in [5.74, 6) is 0. The van der Waals surface area contributed by atoms with Gasteiger partial charge >= 0.3 is 0 Å². The van der Waals surface area contributed by atoms with Crippen LogP contribution in [-0.4, -0.2) is 27.5 Å². The van der Waals surface area contributed by atoms with Gasteiger partial charge < -0.3 is 10.4 Å². The van der Waals surface area contributed by atoms with E-state index in [-0.39, 0.29) is 6.04 Å². The highest BCUT2D eigenvalue weighted by Crippen LogP contribution is 2.21. The number of rotatable bonds is 6. The first-order valence-corrected chi connectivity index (χ1v) is 7.09. The Hall–Kier alpha value is -1.36. The van der Waals surface area contributed by atoms with Crippen molar-refractivity contribution in [3.63, 3.8) is 0 Å². The lowest BCUT2D eigenvalue weighted by molar-refractivity contribution is 0.169. The third-order valence-corrected chi connectivity index (χ3v) is 3.49. The summed E-state index contributed by atoms with van der Waals surface area (Å²) in [5, 5.41) is 18.3. The van der Waals surface area contributed by atoms with Crippen molar-refractivity contribution in [2.45, 2.75) is 32.5 Å². The number of halogens is 1. The van der Waals surface area contributed by atoms with Crippen molar-refractivity contribution >= 4 is 11.6 Å². The van der Waals surface area contributed by atoms with Gasteiger partial charge in [0.15, 0.2) is 0 Å². The number of aliphatic hydroxyl groups excluding tert-OH is 1. The molecule has 2 N–H and O–H groups in total. The van der Waals surface area contributed by atoms with Crippen molar-refractivity contribution in [3.8, 4) is 0 Å². The summed E-state index contributed by atoms with van der Waals surface area (Å²) < 4.78 is 1.90. The minimum Gasteiger partial charge on any atom is -0.387 e. The van der Waals surface area contributed by atoms with E-state index in [1.807, 2.05) is 42.2 Å². The first-order chi connectivity index (χ1) is 9.56. The zero-order chi connectivity index (χ0) is 14.5. The molecule has 108 valence electrons. The van der Waals surface area contributed by atoms with E-state index >= 15 is 0 Å². The van der Waals surface area contributed by atoms with Crippen molar-refractivity contribution in [1.29, 1.82) is 0 Å². The van der Waals surface area contributed by atoms with E-state index in [1.165, 1.54) is 0 Å². The summed E-state index contributed by atoms with van der Waals surface area (Å²) in [5.41, 5.74) is 1.90. The summed E-state index contributed by atoms with van der Waals surface area (Å²) in [6, 6.07) is 7.58. The van der Waals surface area contributed by atoms with E-state index in [4.69, 9.17) is 11.6 Å². The first-order valence-electron chi connectivity index (χ1n) is 6.71. The molecule has 0 spiro atoms. The normalized spacial score (nSPS) is 14.2. The third-order valence-electron chi connectivity index (χ3n) is 3.15. The molecule has 0 amide bonds. The fourth-order valence-electron chi connectivity index (χ4n) is 2.08. The summed E-state index contributed by atoms with van der Waals surface area (Å²) in [4.78, 5) is 0. The van der Waals surface area contributed by atoms with Crippen LogP contribution in [0.2, 0.25) is 5.02 Å². The van der Waals surface area contributed by atoms with Crippen LogP contribution in [0.4, 0.5) is 0 Å². The molecule has 0 saturated carbocycles. The second-order valence-corrected chi connectivity index (χ2v) is 5.49. The van der Waals surface area contributed by atoms with Gasteiger partial charge in [0.25, 0.3) is 0 Å². The van der Waals surface area contributed by atoms with Crippen LogP contribution < -0.4 is 5.32 Å². The number of hydrogen-bond acceptors (Lipinski definition) is 3. The third kappa shape index (κ3) is 4.07. The zero-order valence-electron chi connectivity index (χ0n) is 11.8. The minimum absolute atomic E-state index is 0.214. The molecule has 0 saturated heterocycles. The molecule has 0 aliphatic carbocycles. The Balaban J connectivity index is 1.84. The van der Waals surface area contributed by atoms with Crippen molar-refractivity contribution in [2.75, 3.05) is 6.54 Å². The van der Waals surface area contributed by atoms with Crippen LogP contribution in [0.5, 0.6) is 0 Å². The highest BCUT2D eigenvalue weighted by molar-refractivity contribution is 6.31. The lowest BCUT2D eigenvalue weighted by atomic mass is 10.1. The summed E-state index contributed by atoms with van der Waals surface area (Å²) in [6.07, 6.45) is 3.24. The van der Waals surface area contributed by atoms with Crippen molar-refractivity contribution in [3.05, 3.63) is 52.8 Å². The zero-order valence-corrected chi connectivity index (χ0v) is 12.5. The Morgan fingerprint density at radius 1 is 1.40 bits per heavy atom. The van der Waals surface area contributed by atoms with Gasteiger partial charge in [-0.3, -0.25) is 4.68 Å². The van der Waals surface area contributed by atoms with Crippen molar-refractivity contribution < 1.29 is 5.11 Å². The van der Waals surface area contributed by atoms with Crippen molar-refractivity contribution in [1.82, 2.24) is 15.1 Å². The number of benzene rings is 1. The van der Waals surface area contributed by atoms with E-state index in [0.717, 1.165) is 17.7 Å². The maximum Gasteiger partial charge on any atom is 0.0928 e. The molecule has 0 radical (unpaired) electrons. The molecule has 1 aromatic carbocycles. The number of nitrogens with one attached hydrogen (secondary N) is 1. The molecule has 1 aromatic heterocycles. The first kappa shape index (κ1) is 15.0. The van der Waals surface area contributed by atoms with Gasteiger partial charge in [-0.2, -0.15) is 5.10 Å². The molecule has 5 heteroatoms. The SMILES string of the molecule is Cc1cnn(C[C@H](C)NC[C@@H](O)c2ccccc2Cl)c1. The lowest BCUT2D eigenvalue weighted by Crippen LogP contribution is -2.34. The fraction of sp³-hybridized carbons (Fsp3) is 0.400. The van der Waals surface area contributed by atoms with Gasteiger partial charge in [0.1, 0.15) is 0 Å². The summed E-state index contributed by atoms with van der Waals surface area (Å²) >= 11 is 6.07.